The zero-order valence-corrected chi connectivity index (χ0v) is 14.9. The number of para-hydroxylation sites is 1. The van der Waals surface area contributed by atoms with Crippen LogP contribution in [0.3, 0.4) is 0 Å². The van der Waals surface area contributed by atoms with Gasteiger partial charge in [0, 0.05) is 17.6 Å². The molecule has 2 rings (SSSR count). The topological polar surface area (TPSA) is 50.4 Å². The van der Waals surface area contributed by atoms with Gasteiger partial charge in [-0.25, -0.2) is 4.79 Å². The standard InChI is InChI=1S/C17H18BrClN2O2/c18-14-6-3-5-13(11-14)12-21-17(22)20-9-4-10-23-16-8-2-1-7-15(16)19/h1-3,5-8,11H,4,9-10,12H2,(H2,20,21,22). The molecule has 2 aromatic rings. The van der Waals surface area contributed by atoms with E-state index >= 15 is 0 Å². The van der Waals surface area contributed by atoms with Gasteiger partial charge in [0.15, 0.2) is 0 Å². The van der Waals surface area contributed by atoms with E-state index in [-0.39, 0.29) is 6.03 Å². The van der Waals surface area contributed by atoms with E-state index in [1.165, 1.54) is 0 Å². The van der Waals surface area contributed by atoms with Crippen LogP contribution < -0.4 is 15.4 Å². The number of ether oxygens (including phenoxy) is 1. The van der Waals surface area contributed by atoms with Crippen LogP contribution in [0.25, 0.3) is 0 Å². The summed E-state index contributed by atoms with van der Waals surface area (Å²) in [6.45, 7) is 1.52. The van der Waals surface area contributed by atoms with Crippen molar-refractivity contribution in [1.29, 1.82) is 0 Å². The second kappa shape index (κ2) is 9.43. The summed E-state index contributed by atoms with van der Waals surface area (Å²) in [5.74, 6) is 0.660. The van der Waals surface area contributed by atoms with Crippen LogP contribution in [0, 0.1) is 0 Å². The van der Waals surface area contributed by atoms with Crippen LogP contribution >= 0.6 is 27.5 Å². The molecular weight excluding hydrogens is 380 g/mol. The highest BCUT2D eigenvalue weighted by Gasteiger charge is 2.02. The molecule has 0 fully saturated rings. The molecule has 0 spiro atoms. The minimum Gasteiger partial charge on any atom is -0.492 e. The monoisotopic (exact) mass is 396 g/mol. The largest absolute Gasteiger partial charge is 0.492 e. The lowest BCUT2D eigenvalue weighted by Gasteiger charge is -2.09. The van der Waals surface area contributed by atoms with Gasteiger partial charge in [0.1, 0.15) is 5.75 Å². The molecule has 0 aliphatic carbocycles. The second-order valence-corrected chi connectivity index (χ2v) is 6.19. The molecule has 2 N–H and O–H groups in total. The summed E-state index contributed by atoms with van der Waals surface area (Å²) in [5.41, 5.74) is 1.04. The Morgan fingerprint density at radius 2 is 1.96 bits per heavy atom. The van der Waals surface area contributed by atoms with E-state index in [1.807, 2.05) is 42.5 Å². The first-order valence-electron chi connectivity index (χ1n) is 7.28. The predicted molar refractivity (Wildman–Crippen MR) is 95.9 cm³/mol. The van der Waals surface area contributed by atoms with Gasteiger partial charge < -0.3 is 15.4 Å². The molecule has 0 bridgehead atoms. The zero-order chi connectivity index (χ0) is 16.5. The molecule has 0 aromatic heterocycles. The van der Waals surface area contributed by atoms with E-state index < -0.39 is 0 Å². The molecule has 2 amide bonds. The number of urea groups is 1. The number of amides is 2. The van der Waals surface area contributed by atoms with Crippen LogP contribution in [0.2, 0.25) is 5.02 Å². The van der Waals surface area contributed by atoms with Crippen LogP contribution in [-0.2, 0) is 6.54 Å². The van der Waals surface area contributed by atoms with E-state index in [9.17, 15) is 4.79 Å². The molecule has 6 heteroatoms. The normalized spacial score (nSPS) is 10.2. The third-order valence-electron chi connectivity index (χ3n) is 3.04. The van der Waals surface area contributed by atoms with Crippen molar-refractivity contribution in [3.63, 3.8) is 0 Å². The fraction of sp³-hybridized carbons (Fsp3) is 0.235. The van der Waals surface area contributed by atoms with Gasteiger partial charge in [-0.05, 0) is 36.2 Å². The van der Waals surface area contributed by atoms with Crippen molar-refractivity contribution in [2.45, 2.75) is 13.0 Å². The first-order valence-corrected chi connectivity index (χ1v) is 8.46. The summed E-state index contributed by atoms with van der Waals surface area (Å²) in [5, 5.41) is 6.19. The second-order valence-electron chi connectivity index (χ2n) is 4.87. The zero-order valence-electron chi connectivity index (χ0n) is 12.5. The number of benzene rings is 2. The Bertz CT molecular complexity index is 652. The van der Waals surface area contributed by atoms with Gasteiger partial charge in [0.2, 0.25) is 0 Å². The highest BCUT2D eigenvalue weighted by Crippen LogP contribution is 2.22. The van der Waals surface area contributed by atoms with E-state index in [0.717, 1.165) is 10.0 Å². The smallest absolute Gasteiger partial charge is 0.315 e. The molecule has 0 aliphatic rings. The van der Waals surface area contributed by atoms with E-state index in [1.54, 1.807) is 6.07 Å². The van der Waals surface area contributed by atoms with Gasteiger partial charge in [-0.2, -0.15) is 0 Å². The molecule has 4 nitrogen and oxygen atoms in total. The van der Waals surface area contributed by atoms with Crippen molar-refractivity contribution >= 4 is 33.6 Å². The van der Waals surface area contributed by atoms with E-state index in [2.05, 4.69) is 26.6 Å². The molecule has 0 saturated heterocycles. The number of hydrogen-bond donors (Lipinski definition) is 2. The Balaban J connectivity index is 1.59. The van der Waals surface area contributed by atoms with Crippen molar-refractivity contribution < 1.29 is 9.53 Å². The fourth-order valence-electron chi connectivity index (χ4n) is 1.91. The van der Waals surface area contributed by atoms with Crippen molar-refractivity contribution in [2.24, 2.45) is 0 Å². The number of nitrogens with one attached hydrogen (secondary N) is 2. The number of hydrogen-bond acceptors (Lipinski definition) is 2. The van der Waals surface area contributed by atoms with Gasteiger partial charge in [-0.3, -0.25) is 0 Å². The van der Waals surface area contributed by atoms with Crippen LogP contribution in [0.5, 0.6) is 5.75 Å². The Hall–Kier alpha value is -1.72. The summed E-state index contributed by atoms with van der Waals surface area (Å²) in [7, 11) is 0. The van der Waals surface area contributed by atoms with Crippen LogP contribution in [0.4, 0.5) is 4.79 Å². The Labute approximate surface area is 149 Å². The van der Waals surface area contributed by atoms with Crippen molar-refractivity contribution in [3.8, 4) is 5.75 Å². The Morgan fingerprint density at radius 1 is 1.13 bits per heavy atom. The number of carbonyl (C=O) groups excluding carboxylic acids is 1. The van der Waals surface area contributed by atoms with E-state index in [0.29, 0.717) is 36.9 Å². The number of rotatable bonds is 7. The summed E-state index contributed by atoms with van der Waals surface area (Å²) in [4.78, 5) is 11.7. The summed E-state index contributed by atoms with van der Waals surface area (Å²) >= 11 is 9.39. The maximum atomic E-state index is 11.7. The minimum atomic E-state index is -0.192. The Morgan fingerprint density at radius 3 is 2.74 bits per heavy atom. The van der Waals surface area contributed by atoms with Crippen LogP contribution in [0.1, 0.15) is 12.0 Å². The molecule has 0 aliphatic heterocycles. The summed E-state index contributed by atoms with van der Waals surface area (Å²) < 4.78 is 6.55. The quantitative estimate of drug-likeness (QED) is 0.682. The lowest BCUT2D eigenvalue weighted by molar-refractivity contribution is 0.238. The average molecular weight is 398 g/mol. The molecule has 0 atom stereocenters. The molecule has 0 unspecified atom stereocenters. The molecule has 0 saturated carbocycles. The van der Waals surface area contributed by atoms with Crippen molar-refractivity contribution in [1.82, 2.24) is 10.6 Å². The lowest BCUT2D eigenvalue weighted by Crippen LogP contribution is -2.36. The molecule has 23 heavy (non-hydrogen) atoms. The molecule has 0 heterocycles. The van der Waals surface area contributed by atoms with Gasteiger partial charge in [-0.1, -0.05) is 51.8 Å². The number of halogens is 2. The van der Waals surface area contributed by atoms with Crippen LogP contribution in [-0.4, -0.2) is 19.2 Å². The highest BCUT2D eigenvalue weighted by atomic mass is 79.9. The van der Waals surface area contributed by atoms with Gasteiger partial charge in [0.05, 0.1) is 11.6 Å². The summed E-state index contributed by atoms with van der Waals surface area (Å²) in [6.07, 6.45) is 0.704. The SMILES string of the molecule is O=C(NCCCOc1ccccc1Cl)NCc1cccc(Br)c1. The van der Waals surface area contributed by atoms with Crippen molar-refractivity contribution in [3.05, 3.63) is 63.6 Å². The van der Waals surface area contributed by atoms with Gasteiger partial charge in [0.25, 0.3) is 0 Å². The molecule has 2 aromatic carbocycles. The average Bonchev–Trinajstić information content (AvgIpc) is 2.54. The van der Waals surface area contributed by atoms with Crippen LogP contribution in [0.15, 0.2) is 53.0 Å². The first kappa shape index (κ1) is 17.6. The first-order chi connectivity index (χ1) is 11.1. The molecule has 122 valence electrons. The summed E-state index contributed by atoms with van der Waals surface area (Å²) in [6, 6.07) is 14.9. The number of carbonyl (C=O) groups is 1. The third kappa shape index (κ3) is 6.50. The lowest BCUT2D eigenvalue weighted by atomic mass is 10.2. The maximum Gasteiger partial charge on any atom is 0.315 e. The predicted octanol–water partition coefficient (Wildman–Crippen LogP) is 4.37. The maximum absolute atomic E-state index is 11.7. The molecular formula is C17H18BrClN2O2. The fourth-order valence-corrected chi connectivity index (χ4v) is 2.55. The molecule has 0 radical (unpaired) electrons. The minimum absolute atomic E-state index is 0.192. The van der Waals surface area contributed by atoms with Crippen molar-refractivity contribution in [2.75, 3.05) is 13.2 Å². The van der Waals surface area contributed by atoms with Gasteiger partial charge >= 0.3 is 6.03 Å². The van der Waals surface area contributed by atoms with E-state index in [4.69, 9.17) is 16.3 Å². The third-order valence-corrected chi connectivity index (χ3v) is 3.85. The van der Waals surface area contributed by atoms with Gasteiger partial charge in [-0.15, -0.1) is 0 Å². The Kier molecular flexibility index (Phi) is 7.23. The highest BCUT2D eigenvalue weighted by molar-refractivity contribution is 9.10.